The van der Waals surface area contributed by atoms with Crippen LogP contribution in [0.3, 0.4) is 0 Å². The van der Waals surface area contributed by atoms with Gasteiger partial charge in [-0.15, -0.1) is 0 Å². The molecule has 0 amide bonds. The SMILES string of the molecule is c1ccc(P(c2ccccc2)c2ccc(P(c3ccccc3)c3ccc(P(c4ccccc4)c4ccccc4)cc3)cc2)cc1. The molecule has 45 heavy (non-hydrogen) atoms. The van der Waals surface area contributed by atoms with Gasteiger partial charge in [0.1, 0.15) is 0 Å². The highest BCUT2D eigenvalue weighted by molar-refractivity contribution is 7.81. The van der Waals surface area contributed by atoms with Crippen LogP contribution in [0.1, 0.15) is 0 Å². The van der Waals surface area contributed by atoms with Crippen LogP contribution in [0.4, 0.5) is 0 Å². The number of rotatable bonds is 9. The zero-order chi connectivity index (χ0) is 30.3. The average molecular weight is 631 g/mol. The van der Waals surface area contributed by atoms with Crippen molar-refractivity contribution in [3.8, 4) is 0 Å². The molecule has 7 rings (SSSR count). The van der Waals surface area contributed by atoms with Gasteiger partial charge >= 0.3 is 0 Å². The van der Waals surface area contributed by atoms with Crippen LogP contribution in [0.5, 0.6) is 0 Å². The molecule has 0 unspecified atom stereocenters. The van der Waals surface area contributed by atoms with E-state index in [-0.39, 0.29) is 0 Å². The second kappa shape index (κ2) is 14.3. The summed E-state index contributed by atoms with van der Waals surface area (Å²) in [6, 6.07) is 73.8. The van der Waals surface area contributed by atoms with Crippen LogP contribution < -0.4 is 47.7 Å². The quantitative estimate of drug-likeness (QED) is 0.151. The van der Waals surface area contributed by atoms with Gasteiger partial charge in [0.15, 0.2) is 0 Å². The lowest BCUT2D eigenvalue weighted by Gasteiger charge is -2.23. The van der Waals surface area contributed by atoms with Crippen molar-refractivity contribution in [2.45, 2.75) is 0 Å². The lowest BCUT2D eigenvalue weighted by atomic mass is 10.3. The van der Waals surface area contributed by atoms with Crippen molar-refractivity contribution in [1.82, 2.24) is 0 Å². The molecule has 0 aliphatic rings. The van der Waals surface area contributed by atoms with Gasteiger partial charge in [0.2, 0.25) is 0 Å². The van der Waals surface area contributed by atoms with E-state index in [1.807, 2.05) is 0 Å². The molecule has 0 aliphatic heterocycles. The van der Waals surface area contributed by atoms with E-state index >= 15 is 0 Å². The van der Waals surface area contributed by atoms with E-state index in [4.69, 9.17) is 0 Å². The fraction of sp³-hybridized carbons (Fsp3) is 0. The molecular weight excluding hydrogens is 597 g/mol. The molecule has 0 radical (unpaired) electrons. The molecule has 0 nitrogen and oxygen atoms in total. The van der Waals surface area contributed by atoms with E-state index in [9.17, 15) is 0 Å². The van der Waals surface area contributed by atoms with E-state index in [2.05, 4.69) is 200 Å². The van der Waals surface area contributed by atoms with Crippen molar-refractivity contribution in [2.24, 2.45) is 0 Å². The molecule has 216 valence electrons. The van der Waals surface area contributed by atoms with Gasteiger partial charge in [0.25, 0.3) is 0 Å². The third kappa shape index (κ3) is 6.76. The molecule has 0 spiro atoms. The summed E-state index contributed by atoms with van der Waals surface area (Å²) in [5.41, 5.74) is 0. The fourth-order valence-electron chi connectivity index (χ4n) is 5.73. The van der Waals surface area contributed by atoms with Gasteiger partial charge in [0, 0.05) is 0 Å². The van der Waals surface area contributed by atoms with Gasteiger partial charge in [-0.3, -0.25) is 0 Å². The second-order valence-electron chi connectivity index (χ2n) is 10.7. The van der Waals surface area contributed by atoms with Crippen molar-refractivity contribution in [3.63, 3.8) is 0 Å². The highest BCUT2D eigenvalue weighted by Gasteiger charge is 2.21. The zero-order valence-corrected chi connectivity index (χ0v) is 27.6. The minimum atomic E-state index is -0.712. The normalized spacial score (nSPS) is 11.3. The Bertz CT molecular complexity index is 1700. The van der Waals surface area contributed by atoms with Crippen LogP contribution in [0.2, 0.25) is 0 Å². The highest BCUT2D eigenvalue weighted by Crippen LogP contribution is 2.37. The lowest BCUT2D eigenvalue weighted by Crippen LogP contribution is -2.25. The van der Waals surface area contributed by atoms with Gasteiger partial charge in [-0.25, -0.2) is 0 Å². The Kier molecular flexibility index (Phi) is 9.38. The third-order valence-electron chi connectivity index (χ3n) is 7.80. The predicted octanol–water partition coefficient (Wildman–Crippen LogP) is 6.96. The summed E-state index contributed by atoms with van der Waals surface area (Å²) in [5, 5.41) is 12.4. The molecule has 0 atom stereocenters. The molecule has 7 aromatic carbocycles. The first-order valence-corrected chi connectivity index (χ1v) is 19.2. The summed E-state index contributed by atoms with van der Waals surface area (Å²) in [4.78, 5) is 0. The Morgan fingerprint density at radius 1 is 0.156 bits per heavy atom. The molecule has 0 saturated carbocycles. The molecule has 0 saturated heterocycles. The Morgan fingerprint density at radius 3 is 0.444 bits per heavy atom. The van der Waals surface area contributed by atoms with E-state index in [0.717, 1.165) is 0 Å². The van der Waals surface area contributed by atoms with Crippen molar-refractivity contribution in [1.29, 1.82) is 0 Å². The lowest BCUT2D eigenvalue weighted by molar-refractivity contribution is 1.74. The molecule has 7 aromatic rings. The molecule has 0 heterocycles. The van der Waals surface area contributed by atoms with Crippen molar-refractivity contribution in [2.75, 3.05) is 0 Å². The van der Waals surface area contributed by atoms with Crippen LogP contribution in [-0.2, 0) is 0 Å². The fourth-order valence-corrected chi connectivity index (χ4v) is 12.6. The van der Waals surface area contributed by atoms with Gasteiger partial charge in [-0.1, -0.05) is 200 Å². The van der Waals surface area contributed by atoms with Crippen LogP contribution >= 0.6 is 23.8 Å². The van der Waals surface area contributed by atoms with Crippen molar-refractivity contribution >= 4 is 71.5 Å². The van der Waals surface area contributed by atoms with E-state index in [1.54, 1.807) is 0 Å². The first-order valence-electron chi connectivity index (χ1n) is 15.2. The highest BCUT2D eigenvalue weighted by atomic mass is 31.1. The average Bonchev–Trinajstić information content (AvgIpc) is 3.12. The Balaban J connectivity index is 1.26. The largest absolute Gasteiger partial charge is 0.0622 e. The Hall–Kier alpha value is -4.17. The monoisotopic (exact) mass is 630 g/mol. The summed E-state index contributed by atoms with van der Waals surface area (Å²) in [5.74, 6) is 0. The predicted molar refractivity (Wildman–Crippen MR) is 203 cm³/mol. The molecule has 3 heteroatoms. The molecule has 0 aliphatic carbocycles. The summed E-state index contributed by atoms with van der Waals surface area (Å²) in [6.45, 7) is 0. The standard InChI is InChI=1S/C42H33P3/c1-6-16-34(17-7-1)43(35-18-8-2-9-19-35)39-26-30-41(31-27-39)45(38-24-14-5-15-25-38)42-32-28-40(29-33-42)44(36-20-10-3-11-21-36)37-22-12-4-13-23-37/h1-33H. The molecule has 0 fully saturated rings. The van der Waals surface area contributed by atoms with Crippen LogP contribution in [0.25, 0.3) is 0 Å². The Morgan fingerprint density at radius 2 is 0.289 bits per heavy atom. The molecule has 0 N–H and O–H groups in total. The number of hydrogen-bond acceptors (Lipinski definition) is 0. The number of hydrogen-bond donors (Lipinski definition) is 0. The van der Waals surface area contributed by atoms with Gasteiger partial charge in [-0.05, 0) is 71.5 Å². The van der Waals surface area contributed by atoms with E-state index in [1.165, 1.54) is 47.7 Å². The summed E-state index contributed by atoms with van der Waals surface area (Å²) >= 11 is 0. The van der Waals surface area contributed by atoms with Gasteiger partial charge < -0.3 is 0 Å². The van der Waals surface area contributed by atoms with Crippen LogP contribution in [-0.4, -0.2) is 0 Å². The van der Waals surface area contributed by atoms with E-state index < -0.39 is 23.8 Å². The van der Waals surface area contributed by atoms with E-state index in [0.29, 0.717) is 0 Å². The van der Waals surface area contributed by atoms with Gasteiger partial charge in [-0.2, -0.15) is 0 Å². The topological polar surface area (TPSA) is 0 Å². The Labute approximate surface area is 270 Å². The maximum absolute atomic E-state index is 2.38. The molecular formula is C42H33P3. The maximum Gasteiger partial charge on any atom is -0.0134 e. The first kappa shape index (κ1) is 29.5. The van der Waals surface area contributed by atoms with Crippen molar-refractivity contribution in [3.05, 3.63) is 200 Å². The van der Waals surface area contributed by atoms with Crippen LogP contribution in [0, 0.1) is 0 Å². The summed E-state index contributed by atoms with van der Waals surface area (Å²) < 4.78 is 0. The maximum atomic E-state index is 2.38. The number of benzene rings is 7. The zero-order valence-electron chi connectivity index (χ0n) is 24.9. The summed E-state index contributed by atoms with van der Waals surface area (Å²) in [6.07, 6.45) is 0. The molecule has 0 aromatic heterocycles. The first-order chi connectivity index (χ1) is 22.3. The van der Waals surface area contributed by atoms with Gasteiger partial charge in [0.05, 0.1) is 0 Å². The minimum absolute atomic E-state index is 0.633. The third-order valence-corrected chi connectivity index (χ3v) is 15.1. The minimum Gasteiger partial charge on any atom is -0.0622 e. The van der Waals surface area contributed by atoms with Crippen LogP contribution in [0.15, 0.2) is 200 Å². The summed E-state index contributed by atoms with van der Waals surface area (Å²) in [7, 11) is -1.98. The molecule has 0 bridgehead atoms. The smallest absolute Gasteiger partial charge is 0.0134 e. The van der Waals surface area contributed by atoms with Crippen molar-refractivity contribution < 1.29 is 0 Å². The second-order valence-corrected chi connectivity index (χ2v) is 17.4.